The van der Waals surface area contributed by atoms with E-state index in [1.165, 1.54) is 10.4 Å². The minimum Gasteiger partial charge on any atom is -0.444 e. The number of carbonyl (C=O) groups excluding carboxylic acids is 1. The molecule has 1 fully saturated rings. The van der Waals surface area contributed by atoms with Gasteiger partial charge in [-0.2, -0.15) is 5.26 Å². The van der Waals surface area contributed by atoms with Crippen molar-refractivity contribution in [2.75, 3.05) is 12.4 Å². The molecule has 2 aromatic rings. The zero-order valence-electron chi connectivity index (χ0n) is 18.8. The average molecular weight is 442 g/mol. The number of hydrogen-bond donors (Lipinski definition) is 1. The van der Waals surface area contributed by atoms with Crippen molar-refractivity contribution in [2.24, 2.45) is 0 Å². The number of aromatic nitrogens is 2. The van der Waals surface area contributed by atoms with Gasteiger partial charge in [-0.1, -0.05) is 0 Å². The number of amides is 1. The molecule has 31 heavy (non-hydrogen) atoms. The van der Waals surface area contributed by atoms with Crippen molar-refractivity contribution in [3.8, 4) is 6.07 Å². The molecule has 4 rings (SSSR count). The minimum absolute atomic E-state index is 0.198. The van der Waals surface area contributed by atoms with Gasteiger partial charge in [-0.05, 0) is 70.8 Å². The van der Waals surface area contributed by atoms with Crippen molar-refractivity contribution in [2.45, 2.75) is 89.3 Å². The fraction of sp³-hybridized carbons (Fsp3) is 0.652. The second-order valence-electron chi connectivity index (χ2n) is 9.68. The lowest BCUT2D eigenvalue weighted by Gasteiger charge is -2.36. The Hall–Kier alpha value is -2.40. The molecule has 0 bridgehead atoms. The Labute approximate surface area is 187 Å². The van der Waals surface area contributed by atoms with Crippen LogP contribution in [0.25, 0.3) is 10.2 Å². The van der Waals surface area contributed by atoms with Crippen LogP contribution >= 0.6 is 11.3 Å². The van der Waals surface area contributed by atoms with E-state index in [4.69, 9.17) is 4.74 Å². The summed E-state index contributed by atoms with van der Waals surface area (Å²) < 4.78 is 5.52. The van der Waals surface area contributed by atoms with Crippen LogP contribution in [0.3, 0.4) is 0 Å². The molecule has 1 N–H and O–H groups in total. The Kier molecular flexibility index (Phi) is 6.07. The van der Waals surface area contributed by atoms with E-state index in [1.54, 1.807) is 22.6 Å². The molecule has 0 aliphatic heterocycles. The highest BCUT2D eigenvalue weighted by atomic mass is 32.1. The van der Waals surface area contributed by atoms with Crippen molar-refractivity contribution in [3.63, 3.8) is 0 Å². The van der Waals surface area contributed by atoms with Gasteiger partial charge in [-0.15, -0.1) is 11.3 Å². The first-order valence-corrected chi connectivity index (χ1v) is 11.9. The van der Waals surface area contributed by atoms with Gasteiger partial charge in [0.1, 0.15) is 22.6 Å². The summed E-state index contributed by atoms with van der Waals surface area (Å²) in [5, 5.41) is 14.0. The van der Waals surface area contributed by atoms with Gasteiger partial charge in [0.15, 0.2) is 0 Å². The normalized spacial score (nSPS) is 23.3. The van der Waals surface area contributed by atoms with Gasteiger partial charge in [-0.3, -0.25) is 0 Å². The summed E-state index contributed by atoms with van der Waals surface area (Å²) >= 11 is 1.75. The van der Waals surface area contributed by atoms with Gasteiger partial charge in [0.05, 0.1) is 11.5 Å². The molecule has 0 aromatic carbocycles. The maximum atomic E-state index is 12.4. The fourth-order valence-electron chi connectivity index (χ4n) is 4.78. The van der Waals surface area contributed by atoms with Crippen LogP contribution in [0.4, 0.5) is 10.6 Å². The number of anilines is 1. The Morgan fingerprint density at radius 3 is 2.71 bits per heavy atom. The topological polar surface area (TPSA) is 91.1 Å². The molecule has 2 heterocycles. The van der Waals surface area contributed by atoms with Gasteiger partial charge >= 0.3 is 6.09 Å². The van der Waals surface area contributed by atoms with Crippen LogP contribution < -0.4 is 5.32 Å². The van der Waals surface area contributed by atoms with Gasteiger partial charge in [0.25, 0.3) is 0 Å². The second kappa shape index (κ2) is 8.62. The zero-order chi connectivity index (χ0) is 22.2. The van der Waals surface area contributed by atoms with Gasteiger partial charge in [0.2, 0.25) is 0 Å². The SMILES string of the molecule is CN(C(=O)OC(C)(C)C)[C@H]1CC[C@H](Nc2ncnc3sc4c(c23)[C@@H](CC#N)CC4)CC1. The smallest absolute Gasteiger partial charge is 0.410 e. The Bertz CT molecular complexity index is 998. The minimum atomic E-state index is -0.479. The van der Waals surface area contributed by atoms with Crippen molar-refractivity contribution < 1.29 is 9.53 Å². The van der Waals surface area contributed by atoms with Crippen molar-refractivity contribution in [3.05, 3.63) is 16.8 Å². The van der Waals surface area contributed by atoms with E-state index in [0.29, 0.717) is 18.4 Å². The van der Waals surface area contributed by atoms with Crippen molar-refractivity contribution >= 4 is 33.5 Å². The standard InChI is InChI=1S/C23H31N5O2S/c1-23(2,3)30-22(29)28(4)16-8-6-15(7-9-16)27-20-19-18-14(11-12-24)5-10-17(18)31-21(19)26-13-25-20/h13-16H,5-11H2,1-4H3,(H,25,26,27)/t14-,15-,16-/m1/s1. The lowest BCUT2D eigenvalue weighted by atomic mass is 9.90. The first-order valence-electron chi connectivity index (χ1n) is 11.1. The Morgan fingerprint density at radius 2 is 2.03 bits per heavy atom. The summed E-state index contributed by atoms with van der Waals surface area (Å²) in [5.74, 6) is 1.19. The molecule has 1 atom stereocenters. The number of nitrogens with one attached hydrogen (secondary N) is 1. The third kappa shape index (κ3) is 4.62. The first kappa shape index (κ1) is 21.8. The van der Waals surface area contributed by atoms with E-state index >= 15 is 0 Å². The summed E-state index contributed by atoms with van der Waals surface area (Å²) in [5.41, 5.74) is 0.815. The van der Waals surface area contributed by atoms with Crippen LogP contribution in [0.15, 0.2) is 6.33 Å². The van der Waals surface area contributed by atoms with Crippen LogP contribution in [-0.4, -0.2) is 45.7 Å². The molecular formula is C23H31N5O2S. The van der Waals surface area contributed by atoms with Crippen LogP contribution in [0.1, 0.15) is 75.7 Å². The molecule has 2 aliphatic rings. The summed E-state index contributed by atoms with van der Waals surface area (Å²) in [4.78, 5) is 25.6. The second-order valence-corrected chi connectivity index (χ2v) is 10.8. The summed E-state index contributed by atoms with van der Waals surface area (Å²) in [6, 6.07) is 2.86. The molecule has 166 valence electrons. The third-order valence-corrected chi connectivity index (χ3v) is 7.51. The van der Waals surface area contributed by atoms with Crippen LogP contribution in [0.5, 0.6) is 0 Å². The molecule has 7 nitrogen and oxygen atoms in total. The van der Waals surface area contributed by atoms with Crippen LogP contribution in [-0.2, 0) is 11.2 Å². The molecule has 0 spiro atoms. The highest BCUT2D eigenvalue weighted by molar-refractivity contribution is 7.19. The summed E-state index contributed by atoms with van der Waals surface area (Å²) in [6.07, 6.45) is 7.81. The van der Waals surface area contributed by atoms with E-state index < -0.39 is 5.60 Å². The monoisotopic (exact) mass is 441 g/mol. The quantitative estimate of drug-likeness (QED) is 0.699. The number of nitriles is 1. The number of fused-ring (bicyclic) bond motifs is 3. The molecule has 0 unspecified atom stereocenters. The Morgan fingerprint density at radius 1 is 1.29 bits per heavy atom. The van der Waals surface area contributed by atoms with E-state index in [9.17, 15) is 10.1 Å². The lowest BCUT2D eigenvalue weighted by molar-refractivity contribution is 0.0185. The number of carbonyl (C=O) groups is 1. The predicted octanol–water partition coefficient (Wildman–Crippen LogP) is 5.22. The predicted molar refractivity (Wildman–Crippen MR) is 122 cm³/mol. The average Bonchev–Trinajstić information content (AvgIpc) is 3.27. The van der Waals surface area contributed by atoms with Gasteiger partial charge in [0, 0.05) is 30.4 Å². The number of thiophene rings is 1. The van der Waals surface area contributed by atoms with Crippen molar-refractivity contribution in [1.82, 2.24) is 14.9 Å². The van der Waals surface area contributed by atoms with Crippen LogP contribution in [0, 0.1) is 11.3 Å². The van der Waals surface area contributed by atoms with E-state index in [1.807, 2.05) is 27.8 Å². The molecular weight excluding hydrogens is 410 g/mol. The van der Waals surface area contributed by atoms with Crippen LogP contribution in [0.2, 0.25) is 0 Å². The molecule has 1 amide bonds. The zero-order valence-corrected chi connectivity index (χ0v) is 19.6. The fourth-order valence-corrected chi connectivity index (χ4v) is 6.02. The Balaban J connectivity index is 1.44. The molecule has 2 aliphatic carbocycles. The summed E-state index contributed by atoms with van der Waals surface area (Å²) in [6.45, 7) is 5.68. The highest BCUT2D eigenvalue weighted by Crippen LogP contribution is 2.46. The molecule has 1 saturated carbocycles. The largest absolute Gasteiger partial charge is 0.444 e. The van der Waals surface area contributed by atoms with E-state index in [-0.39, 0.29) is 12.1 Å². The number of hydrogen-bond acceptors (Lipinski definition) is 7. The maximum Gasteiger partial charge on any atom is 0.410 e. The number of rotatable bonds is 4. The van der Waals surface area contributed by atoms with Gasteiger partial charge < -0.3 is 15.0 Å². The number of nitrogens with zero attached hydrogens (tertiary/aromatic N) is 4. The molecule has 2 aromatic heterocycles. The highest BCUT2D eigenvalue weighted by Gasteiger charge is 2.32. The number of aryl methyl sites for hydroxylation is 1. The molecule has 0 radical (unpaired) electrons. The molecule has 0 saturated heterocycles. The third-order valence-electron chi connectivity index (χ3n) is 6.33. The number of ether oxygens (including phenoxy) is 1. The maximum absolute atomic E-state index is 12.4. The summed E-state index contributed by atoms with van der Waals surface area (Å²) in [7, 11) is 1.84. The van der Waals surface area contributed by atoms with Crippen molar-refractivity contribution in [1.29, 1.82) is 5.26 Å². The van der Waals surface area contributed by atoms with Gasteiger partial charge in [-0.25, -0.2) is 14.8 Å². The lowest BCUT2D eigenvalue weighted by Crippen LogP contribution is -2.43. The van der Waals surface area contributed by atoms with E-state index in [0.717, 1.165) is 54.6 Å². The first-order chi connectivity index (χ1) is 14.8. The van der Waals surface area contributed by atoms with E-state index in [2.05, 4.69) is 21.4 Å². The molecule has 8 heteroatoms.